The minimum absolute atomic E-state index is 0.110. The quantitative estimate of drug-likeness (QED) is 0.624. The topological polar surface area (TPSA) is 85.1 Å². The summed E-state index contributed by atoms with van der Waals surface area (Å²) in [5.74, 6) is -0.110. The fourth-order valence-corrected chi connectivity index (χ4v) is 2.62. The lowest BCUT2D eigenvalue weighted by Gasteiger charge is -2.07. The van der Waals surface area contributed by atoms with Gasteiger partial charge in [0.15, 0.2) is 5.65 Å². The lowest BCUT2D eigenvalue weighted by Crippen LogP contribution is -2.05. The van der Waals surface area contributed by atoms with Crippen molar-refractivity contribution in [3.63, 3.8) is 0 Å². The highest BCUT2D eigenvalue weighted by Crippen LogP contribution is 2.23. The van der Waals surface area contributed by atoms with E-state index in [2.05, 4.69) is 25.4 Å². The van der Waals surface area contributed by atoms with Gasteiger partial charge in [-0.25, -0.2) is 19.5 Å². The van der Waals surface area contributed by atoms with Gasteiger partial charge >= 0.3 is 0 Å². The van der Waals surface area contributed by atoms with E-state index >= 15 is 0 Å². The van der Waals surface area contributed by atoms with Gasteiger partial charge in [-0.2, -0.15) is 5.10 Å². The summed E-state index contributed by atoms with van der Waals surface area (Å²) in [5, 5.41) is 7.47. The average Bonchev–Trinajstić information content (AvgIpc) is 3.05. The number of hydrogen-bond donors (Lipinski definition) is 1. The van der Waals surface area contributed by atoms with E-state index in [1.807, 2.05) is 36.4 Å². The molecule has 0 saturated carbocycles. The molecule has 0 saturated heterocycles. The summed E-state index contributed by atoms with van der Waals surface area (Å²) in [5.41, 5.74) is 4.80. The molecule has 7 nitrogen and oxygen atoms in total. The number of hydrogen-bond acceptors (Lipinski definition) is 5. The van der Waals surface area contributed by atoms with Crippen LogP contribution in [0.3, 0.4) is 0 Å². The molecule has 1 N–H and O–H groups in total. The fraction of sp³-hybridized carbons (Fsp3) is 0.0556. The number of aromatic nitrogens is 5. The molecule has 0 aliphatic rings. The highest BCUT2D eigenvalue weighted by molar-refractivity contribution is 5.89. The predicted molar refractivity (Wildman–Crippen MR) is 93.8 cm³/mol. The third-order valence-electron chi connectivity index (χ3n) is 3.70. The third-order valence-corrected chi connectivity index (χ3v) is 3.70. The van der Waals surface area contributed by atoms with E-state index in [-0.39, 0.29) is 5.91 Å². The molecule has 0 fully saturated rings. The number of carbonyl (C=O) groups is 1. The van der Waals surface area contributed by atoms with E-state index in [0.717, 1.165) is 33.8 Å². The summed E-state index contributed by atoms with van der Waals surface area (Å²) < 4.78 is 1.76. The summed E-state index contributed by atoms with van der Waals surface area (Å²) >= 11 is 0. The van der Waals surface area contributed by atoms with Gasteiger partial charge in [0.2, 0.25) is 5.91 Å². The number of carbonyl (C=O) groups excluding carboxylic acids is 1. The first-order valence-electron chi connectivity index (χ1n) is 7.69. The Hall–Kier alpha value is -3.61. The molecule has 3 aromatic heterocycles. The minimum Gasteiger partial charge on any atom is -0.326 e. The van der Waals surface area contributed by atoms with E-state index in [1.54, 1.807) is 23.1 Å². The fourth-order valence-electron chi connectivity index (χ4n) is 2.62. The molecule has 0 radical (unpaired) electrons. The molecule has 1 amide bonds. The maximum Gasteiger partial charge on any atom is 0.221 e. The van der Waals surface area contributed by atoms with Gasteiger partial charge in [0, 0.05) is 36.1 Å². The van der Waals surface area contributed by atoms with Gasteiger partial charge in [-0.05, 0) is 24.3 Å². The zero-order valence-electron chi connectivity index (χ0n) is 13.4. The molecular weight excluding hydrogens is 316 g/mol. The smallest absolute Gasteiger partial charge is 0.221 e. The van der Waals surface area contributed by atoms with Crippen LogP contribution < -0.4 is 5.32 Å². The largest absolute Gasteiger partial charge is 0.326 e. The standard InChI is InChI=1S/C18H14N6O/c1-12(25)22-15-4-2-3-13(7-15)16-5-6-18-21-10-17(24(18)23-16)14-8-19-11-20-9-14/h2-11H,1H3,(H,22,25). The maximum atomic E-state index is 11.3. The van der Waals surface area contributed by atoms with Gasteiger partial charge in [-0.3, -0.25) is 4.79 Å². The molecule has 4 rings (SSSR count). The predicted octanol–water partition coefficient (Wildman–Crippen LogP) is 2.81. The molecule has 1 aromatic carbocycles. The normalized spacial score (nSPS) is 10.8. The third kappa shape index (κ3) is 2.94. The molecule has 0 aliphatic carbocycles. The van der Waals surface area contributed by atoms with Gasteiger partial charge in [-0.1, -0.05) is 12.1 Å². The molecular formula is C18H14N6O. The summed E-state index contributed by atoms with van der Waals surface area (Å²) in [6, 6.07) is 11.4. The summed E-state index contributed by atoms with van der Waals surface area (Å²) in [6.07, 6.45) is 6.68. The summed E-state index contributed by atoms with van der Waals surface area (Å²) in [4.78, 5) is 23.7. The number of rotatable bonds is 3. The second kappa shape index (κ2) is 6.12. The Bertz CT molecular complexity index is 1060. The Morgan fingerprint density at radius 3 is 2.68 bits per heavy atom. The Labute approximate surface area is 143 Å². The molecule has 0 unspecified atom stereocenters. The monoisotopic (exact) mass is 330 g/mol. The van der Waals surface area contributed by atoms with E-state index in [0.29, 0.717) is 0 Å². The zero-order chi connectivity index (χ0) is 17.2. The van der Waals surface area contributed by atoms with Crippen molar-refractivity contribution in [3.05, 3.63) is 61.3 Å². The van der Waals surface area contributed by atoms with Crippen molar-refractivity contribution < 1.29 is 4.79 Å². The lowest BCUT2D eigenvalue weighted by molar-refractivity contribution is -0.114. The van der Waals surface area contributed by atoms with Crippen molar-refractivity contribution in [2.45, 2.75) is 6.92 Å². The molecule has 0 atom stereocenters. The molecule has 25 heavy (non-hydrogen) atoms. The van der Waals surface area contributed by atoms with Crippen LogP contribution in [0.5, 0.6) is 0 Å². The van der Waals surface area contributed by atoms with Crippen molar-refractivity contribution in [1.29, 1.82) is 0 Å². The SMILES string of the molecule is CC(=O)Nc1cccc(-c2ccc3ncc(-c4cncnc4)n3n2)c1. The van der Waals surface area contributed by atoms with Crippen LogP contribution in [0.15, 0.2) is 61.3 Å². The Morgan fingerprint density at radius 1 is 1.04 bits per heavy atom. The first-order valence-corrected chi connectivity index (χ1v) is 7.69. The Morgan fingerprint density at radius 2 is 1.88 bits per heavy atom. The number of fused-ring (bicyclic) bond motifs is 1. The highest BCUT2D eigenvalue weighted by Gasteiger charge is 2.10. The minimum atomic E-state index is -0.110. The molecule has 0 bridgehead atoms. The van der Waals surface area contributed by atoms with Crippen LogP contribution in [0.1, 0.15) is 6.92 Å². The van der Waals surface area contributed by atoms with E-state index in [1.165, 1.54) is 13.3 Å². The van der Waals surface area contributed by atoms with Crippen LogP contribution in [0.2, 0.25) is 0 Å². The number of nitrogens with zero attached hydrogens (tertiary/aromatic N) is 5. The Balaban J connectivity index is 1.80. The molecule has 7 heteroatoms. The highest BCUT2D eigenvalue weighted by atomic mass is 16.1. The number of benzene rings is 1. The molecule has 0 spiro atoms. The van der Waals surface area contributed by atoms with Crippen LogP contribution in [-0.4, -0.2) is 30.5 Å². The first kappa shape index (κ1) is 14.9. The van der Waals surface area contributed by atoms with Crippen molar-refractivity contribution in [3.8, 4) is 22.5 Å². The van der Waals surface area contributed by atoms with Gasteiger partial charge in [0.1, 0.15) is 6.33 Å². The van der Waals surface area contributed by atoms with E-state index in [4.69, 9.17) is 0 Å². The van der Waals surface area contributed by atoms with Crippen LogP contribution >= 0.6 is 0 Å². The van der Waals surface area contributed by atoms with Crippen LogP contribution in [0.4, 0.5) is 5.69 Å². The number of imidazole rings is 1. The zero-order valence-corrected chi connectivity index (χ0v) is 13.4. The number of anilines is 1. The van der Waals surface area contributed by atoms with Gasteiger partial charge in [0.05, 0.1) is 17.6 Å². The molecule has 3 heterocycles. The van der Waals surface area contributed by atoms with E-state index < -0.39 is 0 Å². The van der Waals surface area contributed by atoms with Crippen molar-refractivity contribution >= 4 is 17.2 Å². The van der Waals surface area contributed by atoms with Crippen LogP contribution in [0, 0.1) is 0 Å². The second-order valence-electron chi connectivity index (χ2n) is 5.52. The Kier molecular flexibility index (Phi) is 3.66. The second-order valence-corrected chi connectivity index (χ2v) is 5.52. The maximum absolute atomic E-state index is 11.3. The summed E-state index contributed by atoms with van der Waals surface area (Å²) in [6.45, 7) is 1.48. The molecule has 122 valence electrons. The van der Waals surface area contributed by atoms with Crippen molar-refractivity contribution in [2.24, 2.45) is 0 Å². The van der Waals surface area contributed by atoms with E-state index in [9.17, 15) is 4.79 Å². The van der Waals surface area contributed by atoms with Gasteiger partial charge < -0.3 is 5.32 Å². The van der Waals surface area contributed by atoms with Gasteiger partial charge in [-0.15, -0.1) is 0 Å². The average molecular weight is 330 g/mol. The van der Waals surface area contributed by atoms with Crippen LogP contribution in [-0.2, 0) is 4.79 Å². The molecule has 0 aliphatic heterocycles. The summed E-state index contributed by atoms with van der Waals surface area (Å²) in [7, 11) is 0. The number of nitrogens with one attached hydrogen (secondary N) is 1. The number of amides is 1. The first-order chi connectivity index (χ1) is 12.2. The van der Waals surface area contributed by atoms with Crippen LogP contribution in [0.25, 0.3) is 28.2 Å². The lowest BCUT2D eigenvalue weighted by atomic mass is 10.1. The van der Waals surface area contributed by atoms with Crippen molar-refractivity contribution in [2.75, 3.05) is 5.32 Å². The molecule has 4 aromatic rings. The van der Waals surface area contributed by atoms with Gasteiger partial charge in [0.25, 0.3) is 0 Å². The van der Waals surface area contributed by atoms with Crippen molar-refractivity contribution in [1.82, 2.24) is 24.6 Å².